The van der Waals surface area contributed by atoms with Crippen molar-refractivity contribution in [3.05, 3.63) is 42.5 Å². The molecule has 0 unspecified atom stereocenters. The monoisotopic (exact) mass is 328 g/mol. The van der Waals surface area contributed by atoms with Gasteiger partial charge in [0.05, 0.1) is 25.0 Å². The Hall–Kier alpha value is -1.44. The van der Waals surface area contributed by atoms with E-state index in [0.29, 0.717) is 24.7 Å². The number of aryl methyl sites for hydroxylation is 1. The Bertz CT molecular complexity index is 672. The summed E-state index contributed by atoms with van der Waals surface area (Å²) >= 11 is 5.63. The Labute approximate surface area is 129 Å². The van der Waals surface area contributed by atoms with Gasteiger partial charge in [-0.1, -0.05) is 13.0 Å². The molecule has 0 saturated carbocycles. The molecular formula is C13H17ClN4O2S. The molecule has 0 amide bonds. The van der Waals surface area contributed by atoms with Crippen LogP contribution in [0.15, 0.2) is 41.7 Å². The minimum atomic E-state index is -3.58. The van der Waals surface area contributed by atoms with Gasteiger partial charge in [0.2, 0.25) is 10.0 Å². The summed E-state index contributed by atoms with van der Waals surface area (Å²) in [5, 5.41) is 4.01. The molecule has 0 aromatic carbocycles. The molecule has 6 nitrogen and oxygen atoms in total. The van der Waals surface area contributed by atoms with E-state index in [2.05, 4.69) is 10.1 Å². The molecule has 0 atom stereocenters. The summed E-state index contributed by atoms with van der Waals surface area (Å²) in [6, 6.07) is 5.43. The van der Waals surface area contributed by atoms with Gasteiger partial charge in [-0.3, -0.25) is 9.67 Å². The standard InChI is InChI=1S/C13H17ClN4O2S/c1-2-18(10-12-5-3-4-7-15-12)21(19,20)13-9-16-17(11-13)8-6-14/h3-5,7,9,11H,2,6,8,10H2,1H3. The minimum Gasteiger partial charge on any atom is -0.270 e. The lowest BCUT2D eigenvalue weighted by Gasteiger charge is -2.18. The van der Waals surface area contributed by atoms with Gasteiger partial charge >= 0.3 is 0 Å². The third kappa shape index (κ3) is 3.81. The number of aromatic nitrogens is 3. The predicted molar refractivity (Wildman–Crippen MR) is 80.5 cm³/mol. The maximum Gasteiger partial charge on any atom is 0.246 e. The maximum absolute atomic E-state index is 12.6. The number of rotatable bonds is 7. The van der Waals surface area contributed by atoms with E-state index in [0.717, 1.165) is 0 Å². The number of hydrogen-bond acceptors (Lipinski definition) is 4. The molecule has 8 heteroatoms. The summed E-state index contributed by atoms with van der Waals surface area (Å²) in [4.78, 5) is 4.34. The van der Waals surface area contributed by atoms with E-state index >= 15 is 0 Å². The lowest BCUT2D eigenvalue weighted by atomic mass is 10.3. The highest BCUT2D eigenvalue weighted by atomic mass is 35.5. The first-order valence-corrected chi connectivity index (χ1v) is 8.54. The average Bonchev–Trinajstić information content (AvgIpc) is 2.95. The molecule has 2 heterocycles. The molecule has 2 aromatic heterocycles. The molecule has 0 radical (unpaired) electrons. The SMILES string of the molecule is CCN(Cc1ccccn1)S(=O)(=O)c1cnn(CCCl)c1. The zero-order valence-corrected chi connectivity index (χ0v) is 13.3. The first-order chi connectivity index (χ1) is 10.1. The molecule has 0 aliphatic rings. The summed E-state index contributed by atoms with van der Waals surface area (Å²) in [6.07, 6.45) is 4.50. The molecule has 2 rings (SSSR count). The van der Waals surface area contributed by atoms with Gasteiger partial charge in [-0.05, 0) is 12.1 Å². The number of sulfonamides is 1. The van der Waals surface area contributed by atoms with Crippen LogP contribution < -0.4 is 0 Å². The minimum absolute atomic E-state index is 0.172. The van der Waals surface area contributed by atoms with Gasteiger partial charge < -0.3 is 0 Å². The highest BCUT2D eigenvalue weighted by Gasteiger charge is 2.25. The Morgan fingerprint density at radius 3 is 2.81 bits per heavy atom. The topological polar surface area (TPSA) is 68.1 Å². The van der Waals surface area contributed by atoms with Gasteiger partial charge in [-0.2, -0.15) is 9.40 Å². The second kappa shape index (κ2) is 7.02. The molecule has 2 aromatic rings. The van der Waals surface area contributed by atoms with E-state index in [1.165, 1.54) is 21.4 Å². The molecular weight excluding hydrogens is 312 g/mol. The summed E-state index contributed by atoms with van der Waals surface area (Å²) in [5.74, 6) is 0.382. The lowest BCUT2D eigenvalue weighted by molar-refractivity contribution is 0.419. The van der Waals surface area contributed by atoms with Crippen LogP contribution in [-0.2, 0) is 23.1 Å². The van der Waals surface area contributed by atoms with Crippen LogP contribution in [0, 0.1) is 0 Å². The quantitative estimate of drug-likeness (QED) is 0.726. The van der Waals surface area contributed by atoms with Crippen molar-refractivity contribution in [2.45, 2.75) is 24.9 Å². The van der Waals surface area contributed by atoms with Crippen molar-refractivity contribution in [3.8, 4) is 0 Å². The van der Waals surface area contributed by atoms with Gasteiger partial charge in [-0.25, -0.2) is 8.42 Å². The number of alkyl halides is 1. The van der Waals surface area contributed by atoms with E-state index in [-0.39, 0.29) is 11.4 Å². The molecule has 114 valence electrons. The second-order valence-electron chi connectivity index (χ2n) is 4.38. The smallest absolute Gasteiger partial charge is 0.246 e. The molecule has 0 saturated heterocycles. The van der Waals surface area contributed by atoms with E-state index in [1.807, 2.05) is 6.07 Å². The third-order valence-electron chi connectivity index (χ3n) is 2.98. The summed E-state index contributed by atoms with van der Waals surface area (Å²) in [6.45, 7) is 2.87. The fraction of sp³-hybridized carbons (Fsp3) is 0.385. The molecule has 0 spiro atoms. The number of halogens is 1. The number of nitrogens with zero attached hydrogens (tertiary/aromatic N) is 4. The lowest BCUT2D eigenvalue weighted by Crippen LogP contribution is -2.30. The van der Waals surface area contributed by atoms with Crippen molar-refractivity contribution in [2.24, 2.45) is 0 Å². The zero-order valence-electron chi connectivity index (χ0n) is 11.7. The van der Waals surface area contributed by atoms with Gasteiger partial charge in [0, 0.05) is 24.8 Å². The molecule has 21 heavy (non-hydrogen) atoms. The van der Waals surface area contributed by atoms with Crippen molar-refractivity contribution in [1.29, 1.82) is 0 Å². The van der Waals surface area contributed by atoms with Crippen LogP contribution in [0.1, 0.15) is 12.6 Å². The summed E-state index contributed by atoms with van der Waals surface area (Å²) < 4.78 is 28.1. The van der Waals surface area contributed by atoms with Crippen molar-refractivity contribution in [2.75, 3.05) is 12.4 Å². The molecule has 0 aliphatic heterocycles. The fourth-order valence-electron chi connectivity index (χ4n) is 1.87. The number of pyridine rings is 1. The van der Waals surface area contributed by atoms with Crippen LogP contribution in [0.2, 0.25) is 0 Å². The van der Waals surface area contributed by atoms with Crippen molar-refractivity contribution < 1.29 is 8.42 Å². The normalized spacial score (nSPS) is 12.0. The Morgan fingerprint density at radius 1 is 1.38 bits per heavy atom. The van der Waals surface area contributed by atoms with Gasteiger partial charge in [0.25, 0.3) is 0 Å². The summed E-state index contributed by atoms with van der Waals surface area (Å²) in [5.41, 5.74) is 0.705. The largest absolute Gasteiger partial charge is 0.270 e. The molecule has 0 N–H and O–H groups in total. The van der Waals surface area contributed by atoms with E-state index in [1.54, 1.807) is 25.3 Å². The first kappa shape index (κ1) is 15.9. The molecule has 0 bridgehead atoms. The van der Waals surface area contributed by atoms with Gasteiger partial charge in [0.1, 0.15) is 4.90 Å². The van der Waals surface area contributed by atoms with Crippen LogP contribution in [0.3, 0.4) is 0 Å². The molecule has 0 fully saturated rings. The highest BCUT2D eigenvalue weighted by Crippen LogP contribution is 2.17. The Balaban J connectivity index is 2.22. The number of hydrogen-bond donors (Lipinski definition) is 0. The van der Waals surface area contributed by atoms with Gasteiger partial charge in [-0.15, -0.1) is 11.6 Å². The first-order valence-electron chi connectivity index (χ1n) is 6.56. The Morgan fingerprint density at radius 2 is 2.19 bits per heavy atom. The maximum atomic E-state index is 12.6. The third-order valence-corrected chi connectivity index (χ3v) is 5.02. The van der Waals surface area contributed by atoms with Crippen molar-refractivity contribution in [1.82, 2.24) is 19.1 Å². The van der Waals surface area contributed by atoms with E-state index in [4.69, 9.17) is 11.6 Å². The van der Waals surface area contributed by atoms with Crippen LogP contribution >= 0.6 is 11.6 Å². The van der Waals surface area contributed by atoms with Crippen LogP contribution in [0.4, 0.5) is 0 Å². The van der Waals surface area contributed by atoms with Gasteiger partial charge in [0.15, 0.2) is 0 Å². The van der Waals surface area contributed by atoms with E-state index < -0.39 is 10.0 Å². The van der Waals surface area contributed by atoms with E-state index in [9.17, 15) is 8.42 Å². The Kier molecular flexibility index (Phi) is 5.33. The predicted octanol–water partition coefficient (Wildman–Crippen LogP) is 1.73. The fourth-order valence-corrected chi connectivity index (χ4v) is 3.42. The van der Waals surface area contributed by atoms with Crippen molar-refractivity contribution >= 4 is 21.6 Å². The average molecular weight is 329 g/mol. The van der Waals surface area contributed by atoms with Crippen LogP contribution in [-0.4, -0.2) is 39.9 Å². The van der Waals surface area contributed by atoms with Crippen molar-refractivity contribution in [3.63, 3.8) is 0 Å². The molecule has 0 aliphatic carbocycles. The summed E-state index contributed by atoms with van der Waals surface area (Å²) in [7, 11) is -3.58. The highest BCUT2D eigenvalue weighted by molar-refractivity contribution is 7.89. The zero-order chi connectivity index (χ0) is 15.3. The van der Waals surface area contributed by atoms with Crippen LogP contribution in [0.25, 0.3) is 0 Å². The van der Waals surface area contributed by atoms with Crippen LogP contribution in [0.5, 0.6) is 0 Å². The second-order valence-corrected chi connectivity index (χ2v) is 6.70.